The Morgan fingerprint density at radius 1 is 0.955 bits per heavy atom. The molecular weight excluding hydrogens is 578 g/mol. The van der Waals surface area contributed by atoms with Crippen LogP contribution in [-0.2, 0) is 9.47 Å². The Balaban J connectivity index is -0.0000000108. The summed E-state index contributed by atoms with van der Waals surface area (Å²) < 4.78 is 8.46. The first-order valence-electron chi connectivity index (χ1n) is 3.83. The summed E-state index contributed by atoms with van der Waals surface area (Å²) in [6.07, 6.45) is -2.46. The van der Waals surface area contributed by atoms with Crippen LogP contribution in [0, 0.1) is 75.5 Å². The van der Waals surface area contributed by atoms with E-state index in [-0.39, 0.29) is 112 Å². The van der Waals surface area contributed by atoms with E-state index in [4.69, 9.17) is 20.1 Å². The van der Waals surface area contributed by atoms with E-state index < -0.39 is 12.3 Å². The maximum Gasteiger partial charge on any atom is 0.507 e. The second-order valence-corrected chi connectivity index (χ2v) is 1.49. The van der Waals surface area contributed by atoms with E-state index in [1.165, 1.54) is 7.11 Å². The first-order chi connectivity index (χ1) is 7.45. The van der Waals surface area contributed by atoms with Gasteiger partial charge >= 0.3 is 12.3 Å². The molecule has 148 valence electrons. The molecule has 7 nitrogen and oxygen atoms in total. The van der Waals surface area contributed by atoms with Gasteiger partial charge in [0.1, 0.15) is 0 Å². The number of hydrogen-bond acceptors (Lipinski definition) is 5. The van der Waals surface area contributed by atoms with Crippen molar-refractivity contribution in [3.05, 3.63) is 0 Å². The summed E-state index contributed by atoms with van der Waals surface area (Å²) in [6, 6.07) is 0. The van der Waals surface area contributed by atoms with Crippen LogP contribution >= 0.6 is 37.2 Å². The Bertz CT molecular complexity index is 152. The number of methoxy groups -OCH3 is 1. The topological polar surface area (TPSA) is 113 Å². The van der Waals surface area contributed by atoms with Gasteiger partial charge in [0.25, 0.3) is 0 Å². The Kier molecular flexibility index (Phi) is 223. The van der Waals surface area contributed by atoms with Gasteiger partial charge in [0.05, 0.1) is 13.7 Å². The molecular formula is C11H32Ar2I2O7. The van der Waals surface area contributed by atoms with E-state index in [9.17, 15) is 4.79 Å². The first-order valence-corrected chi connectivity index (χ1v) is 10.1. The average molecular weight is 610 g/mol. The summed E-state index contributed by atoms with van der Waals surface area (Å²) in [5.74, 6) is 0. The zero-order valence-corrected chi connectivity index (χ0v) is 15.6. The van der Waals surface area contributed by atoms with E-state index in [0.29, 0.717) is 6.61 Å². The molecule has 0 unspecified atom stereocenters. The van der Waals surface area contributed by atoms with Crippen LogP contribution in [0.5, 0.6) is 0 Å². The van der Waals surface area contributed by atoms with Crippen LogP contribution in [-0.4, -0.2) is 48.0 Å². The zero-order valence-electron chi connectivity index (χ0n) is 9.85. The van der Waals surface area contributed by atoms with Crippen LogP contribution in [0.25, 0.3) is 0 Å². The molecule has 0 fully saturated rings. The van der Waals surface area contributed by atoms with Crippen molar-refractivity contribution in [3.63, 3.8) is 0 Å². The number of hydrogen-bond donors (Lipinski definition) is 3. The zero-order chi connectivity index (χ0) is 14.0. The van der Waals surface area contributed by atoms with Crippen LogP contribution in [0.1, 0.15) is 43.6 Å². The molecule has 0 bridgehead atoms. The fraction of sp³-hybridized carbons (Fsp3) is 0.818. The van der Waals surface area contributed by atoms with Crippen molar-refractivity contribution in [1.29, 1.82) is 0 Å². The van der Waals surface area contributed by atoms with Crippen molar-refractivity contribution in [1.82, 2.24) is 0 Å². The first kappa shape index (κ1) is 64.4. The molecule has 0 aliphatic carbocycles. The summed E-state index contributed by atoms with van der Waals surface area (Å²) in [5, 5.41) is 21.5. The predicted octanol–water partition coefficient (Wildman–Crippen LogP) is 5.33. The minimum Gasteiger partial charge on any atom is -0.450 e. The van der Waals surface area contributed by atoms with Crippen LogP contribution in [0.4, 0.5) is 9.59 Å². The fourth-order valence-corrected chi connectivity index (χ4v) is 0.177. The third-order valence-corrected chi connectivity index (χ3v) is 0.429. The maximum absolute atomic E-state index is 9.97. The monoisotopic (exact) mass is 610 g/mol. The number of rotatable bonds is 1. The summed E-state index contributed by atoms with van der Waals surface area (Å²) in [4.78, 5) is 18.5. The van der Waals surface area contributed by atoms with Gasteiger partial charge in [0.2, 0.25) is 0 Å². The van der Waals surface area contributed by atoms with Gasteiger partial charge in [-0.3, -0.25) is 0 Å². The summed E-state index contributed by atoms with van der Waals surface area (Å²) in [5.41, 5.74) is 0. The van der Waals surface area contributed by atoms with Crippen LogP contribution in [0.15, 0.2) is 0 Å². The van der Waals surface area contributed by atoms with Crippen molar-refractivity contribution in [2.24, 2.45) is 0 Å². The Labute approximate surface area is 219 Å². The normalized spacial score (nSPS) is 4.64. The van der Waals surface area contributed by atoms with Gasteiger partial charge in [-0.25, -0.2) is 9.59 Å². The third kappa shape index (κ3) is 185. The quantitative estimate of drug-likeness (QED) is 0.272. The number of ether oxygens (including phenoxy) is 2. The number of aliphatic hydroxyl groups is 1. The molecule has 0 rings (SSSR count). The van der Waals surface area contributed by atoms with Crippen molar-refractivity contribution < 1.29 is 110 Å². The average Bonchev–Trinajstić information content (AvgIpc) is 2.21. The van der Waals surface area contributed by atoms with E-state index in [1.54, 1.807) is 13.8 Å². The summed E-state index contributed by atoms with van der Waals surface area (Å²) in [6.45, 7) is 4.02. The molecule has 0 aromatic carbocycles. The molecule has 0 aliphatic rings. The van der Waals surface area contributed by atoms with Gasteiger partial charge in [0, 0.05) is 119 Å². The number of carbonyl (C=O) groups excluding carboxylic acids is 1. The standard InChI is InChI=1S/C4H8O3.C2H6O.CH2O3.4CH4.2Ar.I2/c1-3-7-4(5)6-2;1-2-3;2-1(3)4;;;;;;;1-2/h3H2,1-2H3;3H,2H2,1H3;(H2,2,3,4);4*1H4;;;. The molecule has 11 heteroatoms. The Morgan fingerprint density at radius 3 is 1.18 bits per heavy atom. The van der Waals surface area contributed by atoms with Gasteiger partial charge in [-0.15, -0.1) is 0 Å². The van der Waals surface area contributed by atoms with Gasteiger partial charge in [0.15, 0.2) is 0 Å². The number of carbonyl (C=O) groups is 2. The van der Waals surface area contributed by atoms with Crippen molar-refractivity contribution in [3.8, 4) is 0 Å². The number of aliphatic hydroxyl groups excluding tert-OH is 1. The molecule has 0 aromatic heterocycles. The van der Waals surface area contributed by atoms with E-state index in [0.717, 1.165) is 0 Å². The fourth-order valence-electron chi connectivity index (χ4n) is 0.177. The van der Waals surface area contributed by atoms with Gasteiger partial charge < -0.3 is 24.8 Å². The molecule has 22 heavy (non-hydrogen) atoms. The SMILES string of the molecule is C.C.C.C.CCO.CCOC(=O)OC.II.O=C(O)O.[Ar].[Ar]. The van der Waals surface area contributed by atoms with Gasteiger partial charge in [-0.05, 0) is 13.8 Å². The molecule has 0 aromatic rings. The smallest absolute Gasteiger partial charge is 0.450 e. The van der Waals surface area contributed by atoms with Crippen molar-refractivity contribution >= 4 is 49.5 Å². The van der Waals surface area contributed by atoms with Crippen LogP contribution in [0.2, 0.25) is 0 Å². The van der Waals surface area contributed by atoms with Gasteiger partial charge in [-0.1, -0.05) is 29.7 Å². The van der Waals surface area contributed by atoms with Gasteiger partial charge in [-0.2, -0.15) is 0 Å². The second-order valence-electron chi connectivity index (χ2n) is 1.49. The van der Waals surface area contributed by atoms with Crippen LogP contribution < -0.4 is 0 Å². The third-order valence-electron chi connectivity index (χ3n) is 0.429. The molecule has 0 heterocycles. The van der Waals surface area contributed by atoms with Crippen molar-refractivity contribution in [2.45, 2.75) is 43.6 Å². The molecule has 0 radical (unpaired) electrons. The molecule has 0 aliphatic heterocycles. The number of carboxylic acid groups (broad SMARTS) is 2. The molecule has 0 spiro atoms. The predicted molar refractivity (Wildman–Crippen MR) is 102 cm³/mol. The largest absolute Gasteiger partial charge is 0.507 e. The van der Waals surface area contributed by atoms with E-state index >= 15 is 0 Å². The Morgan fingerprint density at radius 2 is 1.14 bits per heavy atom. The molecule has 0 saturated carbocycles. The molecule has 0 amide bonds. The molecule has 0 saturated heterocycles. The summed E-state index contributed by atoms with van der Waals surface area (Å²) >= 11 is 4.24. The molecule has 3 N–H and O–H groups in total. The minimum absolute atomic E-state index is 0. The van der Waals surface area contributed by atoms with Crippen LogP contribution in [0.3, 0.4) is 0 Å². The number of halogens is 2. The maximum atomic E-state index is 9.97. The minimum atomic E-state index is -1.83. The summed E-state index contributed by atoms with van der Waals surface area (Å²) in [7, 11) is 1.28. The van der Waals surface area contributed by atoms with E-state index in [1.807, 2.05) is 0 Å². The Hall–Kier alpha value is 2.48. The second kappa shape index (κ2) is 76.2. The molecule has 0 atom stereocenters. The van der Waals surface area contributed by atoms with E-state index in [2.05, 4.69) is 46.7 Å². The van der Waals surface area contributed by atoms with Crippen molar-refractivity contribution in [2.75, 3.05) is 20.3 Å².